The van der Waals surface area contributed by atoms with Crippen LogP contribution in [0.5, 0.6) is 5.75 Å². The van der Waals surface area contributed by atoms with Gasteiger partial charge >= 0.3 is 0 Å². The van der Waals surface area contributed by atoms with Crippen LogP contribution >= 0.6 is 0 Å². The van der Waals surface area contributed by atoms with Gasteiger partial charge in [-0.3, -0.25) is 9.59 Å². The fraction of sp³-hybridized carbons (Fsp3) is 0.333. The van der Waals surface area contributed by atoms with Gasteiger partial charge in [0.1, 0.15) is 5.75 Å². The van der Waals surface area contributed by atoms with E-state index < -0.39 is 0 Å². The molecule has 1 saturated heterocycles. The van der Waals surface area contributed by atoms with E-state index in [0.29, 0.717) is 13.1 Å². The third-order valence-electron chi connectivity index (χ3n) is 4.76. The lowest BCUT2D eigenvalue weighted by Crippen LogP contribution is -2.28. The van der Waals surface area contributed by atoms with Crippen molar-refractivity contribution in [2.24, 2.45) is 5.92 Å². The fourth-order valence-electron chi connectivity index (χ4n) is 3.24. The fourth-order valence-corrected chi connectivity index (χ4v) is 3.24. The molecule has 0 aromatic heterocycles. The Bertz CT molecular complexity index is 815. The van der Waals surface area contributed by atoms with E-state index in [9.17, 15) is 9.59 Å². The van der Waals surface area contributed by atoms with Crippen molar-refractivity contribution in [3.05, 3.63) is 59.2 Å². The number of anilines is 1. The second-order valence-corrected chi connectivity index (χ2v) is 6.83. The minimum atomic E-state index is -0.318. The van der Waals surface area contributed by atoms with Crippen molar-refractivity contribution in [3.63, 3.8) is 0 Å². The van der Waals surface area contributed by atoms with Crippen molar-refractivity contribution in [3.8, 4) is 5.75 Å². The summed E-state index contributed by atoms with van der Waals surface area (Å²) >= 11 is 0. The number of rotatable bonds is 5. The molecule has 0 aliphatic carbocycles. The molecule has 5 heteroatoms. The average molecular weight is 352 g/mol. The standard InChI is InChI=1S/C21H24N2O3/c1-14-4-9-19(15(2)10-14)22-21(25)17-11-20(24)23(13-17)12-16-5-7-18(26-3)8-6-16/h4-10,17H,11-13H2,1-3H3,(H,22,25)/t17-/m0/s1. The second kappa shape index (κ2) is 7.60. The first-order chi connectivity index (χ1) is 12.5. The van der Waals surface area contributed by atoms with Gasteiger partial charge in [0, 0.05) is 25.2 Å². The quantitative estimate of drug-likeness (QED) is 0.898. The molecule has 0 spiro atoms. The SMILES string of the molecule is COc1ccc(CN2C[C@@H](C(=O)Nc3ccc(C)cc3C)CC2=O)cc1. The van der Waals surface area contributed by atoms with E-state index in [2.05, 4.69) is 5.32 Å². The second-order valence-electron chi connectivity index (χ2n) is 6.83. The highest BCUT2D eigenvalue weighted by Gasteiger charge is 2.34. The summed E-state index contributed by atoms with van der Waals surface area (Å²) in [5.74, 6) is 0.387. The molecule has 1 heterocycles. The first-order valence-corrected chi connectivity index (χ1v) is 8.75. The smallest absolute Gasteiger partial charge is 0.229 e. The molecular weight excluding hydrogens is 328 g/mol. The normalized spacial score (nSPS) is 16.7. The van der Waals surface area contributed by atoms with Crippen LogP contribution in [0.3, 0.4) is 0 Å². The van der Waals surface area contributed by atoms with Crippen molar-refractivity contribution < 1.29 is 14.3 Å². The van der Waals surface area contributed by atoms with Crippen LogP contribution in [-0.2, 0) is 16.1 Å². The van der Waals surface area contributed by atoms with Crippen LogP contribution in [0.15, 0.2) is 42.5 Å². The Morgan fingerprint density at radius 2 is 1.92 bits per heavy atom. The number of aryl methyl sites for hydroxylation is 2. The summed E-state index contributed by atoms with van der Waals surface area (Å²) in [6.45, 7) is 4.95. The number of nitrogens with one attached hydrogen (secondary N) is 1. The lowest BCUT2D eigenvalue weighted by Gasteiger charge is -2.17. The number of hydrogen-bond acceptors (Lipinski definition) is 3. The molecular formula is C21H24N2O3. The zero-order chi connectivity index (χ0) is 18.7. The Morgan fingerprint density at radius 3 is 2.58 bits per heavy atom. The predicted molar refractivity (Wildman–Crippen MR) is 101 cm³/mol. The Morgan fingerprint density at radius 1 is 1.19 bits per heavy atom. The third kappa shape index (κ3) is 4.04. The van der Waals surface area contributed by atoms with Crippen LogP contribution in [0, 0.1) is 19.8 Å². The molecule has 0 saturated carbocycles. The van der Waals surface area contributed by atoms with Gasteiger partial charge in [0.25, 0.3) is 0 Å². The van der Waals surface area contributed by atoms with Gasteiger partial charge in [-0.1, -0.05) is 29.8 Å². The number of methoxy groups -OCH3 is 1. The largest absolute Gasteiger partial charge is 0.497 e. The predicted octanol–water partition coefficient (Wildman–Crippen LogP) is 3.30. The van der Waals surface area contributed by atoms with Gasteiger partial charge in [0.2, 0.25) is 11.8 Å². The van der Waals surface area contributed by atoms with E-state index in [1.807, 2.05) is 56.3 Å². The third-order valence-corrected chi connectivity index (χ3v) is 4.76. The van der Waals surface area contributed by atoms with Crippen molar-refractivity contribution in [2.45, 2.75) is 26.8 Å². The van der Waals surface area contributed by atoms with E-state index in [0.717, 1.165) is 28.1 Å². The molecule has 2 aromatic rings. The molecule has 1 aliphatic heterocycles. The maximum Gasteiger partial charge on any atom is 0.229 e. The summed E-state index contributed by atoms with van der Waals surface area (Å²) < 4.78 is 5.15. The summed E-state index contributed by atoms with van der Waals surface area (Å²) in [6.07, 6.45) is 0.257. The van der Waals surface area contributed by atoms with Crippen LogP contribution in [0.2, 0.25) is 0 Å². The number of hydrogen-bond donors (Lipinski definition) is 1. The maximum atomic E-state index is 12.6. The molecule has 0 bridgehead atoms. The number of carbonyl (C=O) groups excluding carboxylic acids is 2. The Kier molecular flexibility index (Phi) is 5.26. The number of benzene rings is 2. The number of ether oxygens (including phenoxy) is 1. The van der Waals surface area contributed by atoms with Crippen molar-refractivity contribution in [1.29, 1.82) is 0 Å². The molecule has 1 N–H and O–H groups in total. The van der Waals surface area contributed by atoms with Crippen LogP contribution in [0.1, 0.15) is 23.1 Å². The minimum Gasteiger partial charge on any atom is -0.497 e. The van der Waals surface area contributed by atoms with E-state index in [1.165, 1.54) is 0 Å². The molecule has 136 valence electrons. The zero-order valence-corrected chi connectivity index (χ0v) is 15.4. The molecule has 1 fully saturated rings. The molecule has 2 amide bonds. The number of amides is 2. The van der Waals surface area contributed by atoms with Gasteiger partial charge in [-0.15, -0.1) is 0 Å². The van der Waals surface area contributed by atoms with E-state index >= 15 is 0 Å². The Hall–Kier alpha value is -2.82. The number of likely N-dealkylation sites (tertiary alicyclic amines) is 1. The first kappa shape index (κ1) is 18.0. The minimum absolute atomic E-state index is 0.0154. The zero-order valence-electron chi connectivity index (χ0n) is 15.4. The molecule has 3 rings (SSSR count). The van der Waals surface area contributed by atoms with Gasteiger partial charge in [0.15, 0.2) is 0 Å². The summed E-state index contributed by atoms with van der Waals surface area (Å²) in [5.41, 5.74) is 4.01. The average Bonchev–Trinajstić information content (AvgIpc) is 2.99. The van der Waals surface area contributed by atoms with Crippen molar-refractivity contribution in [2.75, 3.05) is 19.0 Å². The van der Waals surface area contributed by atoms with Crippen molar-refractivity contribution >= 4 is 17.5 Å². The van der Waals surface area contributed by atoms with Crippen LogP contribution < -0.4 is 10.1 Å². The van der Waals surface area contributed by atoms with E-state index in [-0.39, 0.29) is 24.2 Å². The lowest BCUT2D eigenvalue weighted by molar-refractivity contribution is -0.128. The van der Waals surface area contributed by atoms with Gasteiger partial charge in [0.05, 0.1) is 13.0 Å². The number of nitrogens with zero attached hydrogens (tertiary/aromatic N) is 1. The van der Waals surface area contributed by atoms with E-state index in [4.69, 9.17) is 4.74 Å². The molecule has 5 nitrogen and oxygen atoms in total. The highest BCUT2D eigenvalue weighted by atomic mass is 16.5. The molecule has 1 atom stereocenters. The summed E-state index contributed by atoms with van der Waals surface area (Å²) in [7, 11) is 1.62. The van der Waals surface area contributed by atoms with Crippen LogP contribution in [-0.4, -0.2) is 30.4 Å². The molecule has 26 heavy (non-hydrogen) atoms. The summed E-state index contributed by atoms with van der Waals surface area (Å²) in [5, 5.41) is 2.97. The van der Waals surface area contributed by atoms with Crippen LogP contribution in [0.4, 0.5) is 5.69 Å². The number of carbonyl (C=O) groups is 2. The van der Waals surface area contributed by atoms with Gasteiger partial charge < -0.3 is 15.0 Å². The Balaban J connectivity index is 1.61. The maximum absolute atomic E-state index is 12.6. The molecule has 0 radical (unpaired) electrons. The lowest BCUT2D eigenvalue weighted by atomic mass is 10.1. The first-order valence-electron chi connectivity index (χ1n) is 8.75. The molecule has 1 aliphatic rings. The van der Waals surface area contributed by atoms with Crippen LogP contribution in [0.25, 0.3) is 0 Å². The van der Waals surface area contributed by atoms with Crippen molar-refractivity contribution in [1.82, 2.24) is 4.90 Å². The molecule has 2 aromatic carbocycles. The van der Waals surface area contributed by atoms with Gasteiger partial charge in [-0.2, -0.15) is 0 Å². The van der Waals surface area contributed by atoms with Gasteiger partial charge in [-0.05, 0) is 43.2 Å². The Labute approximate surface area is 154 Å². The summed E-state index contributed by atoms with van der Waals surface area (Å²) in [6, 6.07) is 13.5. The van der Waals surface area contributed by atoms with Gasteiger partial charge in [-0.25, -0.2) is 0 Å². The highest BCUT2D eigenvalue weighted by Crippen LogP contribution is 2.24. The summed E-state index contributed by atoms with van der Waals surface area (Å²) in [4.78, 5) is 26.6. The highest BCUT2D eigenvalue weighted by molar-refractivity contribution is 5.97. The topological polar surface area (TPSA) is 58.6 Å². The van der Waals surface area contributed by atoms with E-state index in [1.54, 1.807) is 12.0 Å². The monoisotopic (exact) mass is 352 g/mol. The molecule has 0 unspecified atom stereocenters.